The molecule has 8 heteroatoms. The third-order valence-corrected chi connectivity index (χ3v) is 4.83. The summed E-state index contributed by atoms with van der Waals surface area (Å²) in [6, 6.07) is 9.93. The van der Waals surface area contributed by atoms with Crippen molar-refractivity contribution >= 4 is 27.8 Å². The van der Waals surface area contributed by atoms with Crippen molar-refractivity contribution in [2.75, 3.05) is 7.11 Å². The molecule has 0 fully saturated rings. The maximum absolute atomic E-state index is 13.2. The lowest BCUT2D eigenvalue weighted by molar-refractivity contribution is -0.139. The zero-order valence-electron chi connectivity index (χ0n) is 12.4. The number of nitrogens with zero attached hydrogens (tertiary/aromatic N) is 2. The van der Waals surface area contributed by atoms with Crippen molar-refractivity contribution in [2.45, 2.75) is 11.1 Å². The number of hydrogen-bond acceptors (Lipinski definition) is 3. The number of amides is 1. The molecule has 1 aliphatic rings. The number of carbonyl (C=O) groups is 1. The normalized spacial score (nSPS) is 16.2. The smallest absolute Gasteiger partial charge is 0.417 e. The molecule has 4 nitrogen and oxygen atoms in total. The van der Waals surface area contributed by atoms with Gasteiger partial charge in [-0.1, -0.05) is 6.07 Å². The zero-order chi connectivity index (χ0) is 17.3. The van der Waals surface area contributed by atoms with Gasteiger partial charge in [-0.05, 0) is 47.1 Å². The summed E-state index contributed by atoms with van der Waals surface area (Å²) in [5.74, 6) is -0.0293. The van der Waals surface area contributed by atoms with Crippen LogP contribution in [0.4, 0.5) is 18.9 Å². The summed E-state index contributed by atoms with van der Waals surface area (Å²) in [6.45, 7) is 0. The van der Waals surface area contributed by atoms with E-state index in [1.54, 1.807) is 12.1 Å². The van der Waals surface area contributed by atoms with Crippen LogP contribution >= 0.6 is 0 Å². The van der Waals surface area contributed by atoms with Crippen LogP contribution in [0.1, 0.15) is 15.9 Å². The molecule has 0 spiro atoms. The molecule has 24 heavy (non-hydrogen) atoms. The Hall–Kier alpha value is -2.48. The van der Waals surface area contributed by atoms with Crippen LogP contribution in [0, 0.1) is 0 Å². The second-order valence-electron chi connectivity index (χ2n) is 4.83. The highest BCUT2D eigenvalue weighted by molar-refractivity contribution is 8.01. The summed E-state index contributed by atoms with van der Waals surface area (Å²) in [7, 11) is 0.128. The van der Waals surface area contributed by atoms with Gasteiger partial charge in [0.2, 0.25) is 0 Å². The molecular formula is C16H11F3N2O2S. The van der Waals surface area contributed by atoms with Gasteiger partial charge in [-0.15, -0.1) is 0 Å². The van der Waals surface area contributed by atoms with Crippen LogP contribution < -0.4 is 4.74 Å². The highest BCUT2D eigenvalue weighted by Crippen LogP contribution is 2.40. The topological polar surface area (TPSA) is 51.0 Å². The predicted octanol–water partition coefficient (Wildman–Crippen LogP) is 4.39. The van der Waals surface area contributed by atoms with E-state index in [1.807, 2.05) is 0 Å². The maximum Gasteiger partial charge on any atom is 0.417 e. The van der Waals surface area contributed by atoms with Crippen molar-refractivity contribution in [3.63, 3.8) is 0 Å². The number of halogens is 3. The van der Waals surface area contributed by atoms with E-state index in [4.69, 9.17) is 4.74 Å². The first-order valence-corrected chi connectivity index (χ1v) is 8.02. The summed E-state index contributed by atoms with van der Waals surface area (Å²) >= 11 is 0. The van der Waals surface area contributed by atoms with Crippen molar-refractivity contribution in [1.82, 2.24) is 0 Å². The zero-order valence-corrected chi connectivity index (χ0v) is 13.2. The number of fused-ring (bicyclic) bond motifs is 1. The molecule has 1 aliphatic heterocycles. The number of hydrogen-bond donors (Lipinski definition) is 0. The van der Waals surface area contributed by atoms with E-state index in [9.17, 15) is 18.0 Å². The molecule has 3 rings (SSSR count). The Bertz CT molecular complexity index is 859. The SMILES string of the molecule is COc1ccc(C(=O)N=S2C=Nc3cccc(C(F)(F)F)c32)cc1. The quantitative estimate of drug-likeness (QED) is 0.805. The Morgan fingerprint density at radius 2 is 1.88 bits per heavy atom. The van der Waals surface area contributed by atoms with Crippen molar-refractivity contribution in [2.24, 2.45) is 9.36 Å². The lowest BCUT2D eigenvalue weighted by Crippen LogP contribution is -2.09. The molecular weight excluding hydrogens is 341 g/mol. The van der Waals surface area contributed by atoms with Gasteiger partial charge in [0.05, 0.1) is 28.8 Å². The molecule has 124 valence electrons. The molecule has 2 aromatic carbocycles. The van der Waals surface area contributed by atoms with Crippen LogP contribution in [0.15, 0.2) is 56.7 Å². The molecule has 1 amide bonds. The molecule has 1 atom stereocenters. The van der Waals surface area contributed by atoms with E-state index in [1.165, 1.54) is 36.9 Å². The third-order valence-electron chi connectivity index (χ3n) is 3.32. The lowest BCUT2D eigenvalue weighted by atomic mass is 10.2. The van der Waals surface area contributed by atoms with Crippen LogP contribution in [0.3, 0.4) is 0 Å². The van der Waals surface area contributed by atoms with E-state index < -0.39 is 28.3 Å². The van der Waals surface area contributed by atoms with Gasteiger partial charge < -0.3 is 4.74 Å². The summed E-state index contributed by atoms with van der Waals surface area (Å²) in [5, 5.41) is 0. The van der Waals surface area contributed by atoms with Gasteiger partial charge in [-0.2, -0.15) is 17.5 Å². The first-order valence-electron chi connectivity index (χ1n) is 6.78. The number of methoxy groups -OCH3 is 1. The van der Waals surface area contributed by atoms with Crippen LogP contribution in [-0.4, -0.2) is 18.6 Å². The van der Waals surface area contributed by atoms with Gasteiger partial charge in [0.15, 0.2) is 0 Å². The second-order valence-corrected chi connectivity index (χ2v) is 6.26. The minimum Gasteiger partial charge on any atom is -0.497 e. The Kier molecular flexibility index (Phi) is 4.23. The molecule has 1 unspecified atom stereocenters. The Morgan fingerprint density at radius 1 is 1.17 bits per heavy atom. The van der Waals surface area contributed by atoms with Gasteiger partial charge in [-0.3, -0.25) is 4.79 Å². The highest BCUT2D eigenvalue weighted by Gasteiger charge is 2.36. The largest absolute Gasteiger partial charge is 0.497 e. The Balaban J connectivity index is 1.99. The number of alkyl halides is 3. The molecule has 0 saturated carbocycles. The van der Waals surface area contributed by atoms with Crippen molar-refractivity contribution in [3.8, 4) is 5.75 Å². The number of aliphatic imine (C=N–C) groups is 1. The van der Waals surface area contributed by atoms with Crippen molar-refractivity contribution in [1.29, 1.82) is 0 Å². The first-order chi connectivity index (χ1) is 11.4. The molecule has 2 aromatic rings. The third kappa shape index (κ3) is 3.09. The first kappa shape index (κ1) is 16.4. The minimum absolute atomic E-state index is 0.0631. The van der Waals surface area contributed by atoms with Crippen LogP contribution in [0.2, 0.25) is 0 Å². The van der Waals surface area contributed by atoms with Crippen molar-refractivity contribution in [3.05, 3.63) is 53.6 Å². The summed E-state index contributed by atoms with van der Waals surface area (Å²) in [5.41, 5.74) is 0.933. The fraction of sp³-hybridized carbons (Fsp3) is 0.125. The van der Waals surface area contributed by atoms with Crippen LogP contribution in [0.5, 0.6) is 5.75 Å². The minimum atomic E-state index is -4.52. The number of carbonyl (C=O) groups excluding carboxylic acids is 1. The van der Waals surface area contributed by atoms with Gasteiger partial charge in [0, 0.05) is 5.56 Å². The highest BCUT2D eigenvalue weighted by atomic mass is 32.2. The molecule has 1 heterocycles. The van der Waals surface area contributed by atoms with E-state index in [0.29, 0.717) is 5.75 Å². The van der Waals surface area contributed by atoms with Crippen LogP contribution in [0.25, 0.3) is 0 Å². The standard InChI is InChI=1S/C16H11F3N2O2S/c1-23-11-7-5-10(6-8-11)15(22)21-24-9-20-13-4-2-3-12(14(13)24)16(17,18)19/h2-9H,1H3. The van der Waals surface area contributed by atoms with E-state index >= 15 is 0 Å². The average molecular weight is 352 g/mol. The van der Waals surface area contributed by atoms with Crippen molar-refractivity contribution < 1.29 is 22.7 Å². The monoisotopic (exact) mass is 352 g/mol. The van der Waals surface area contributed by atoms with Gasteiger partial charge >= 0.3 is 6.18 Å². The average Bonchev–Trinajstić information content (AvgIpc) is 2.97. The number of benzene rings is 2. The van der Waals surface area contributed by atoms with Crippen LogP contribution in [-0.2, 0) is 16.9 Å². The Morgan fingerprint density at radius 3 is 2.50 bits per heavy atom. The molecule has 0 N–H and O–H groups in total. The predicted molar refractivity (Wildman–Crippen MR) is 85.0 cm³/mol. The fourth-order valence-electron chi connectivity index (χ4n) is 2.17. The molecule has 0 aliphatic carbocycles. The number of rotatable bonds is 2. The van der Waals surface area contributed by atoms with Gasteiger partial charge in [0.25, 0.3) is 5.91 Å². The second kappa shape index (κ2) is 6.20. The molecule has 0 aromatic heterocycles. The molecule has 0 bridgehead atoms. The number of ether oxygens (including phenoxy) is 1. The van der Waals surface area contributed by atoms with E-state index in [0.717, 1.165) is 6.07 Å². The molecule has 0 radical (unpaired) electrons. The van der Waals surface area contributed by atoms with Gasteiger partial charge in [0.1, 0.15) is 5.75 Å². The van der Waals surface area contributed by atoms with Gasteiger partial charge in [-0.25, -0.2) is 4.99 Å². The fourth-order valence-corrected chi connectivity index (χ4v) is 3.66. The Labute approximate surface area is 138 Å². The lowest BCUT2D eigenvalue weighted by Gasteiger charge is -2.11. The maximum atomic E-state index is 13.2. The summed E-state index contributed by atoms with van der Waals surface area (Å²) in [6.07, 6.45) is -4.52. The summed E-state index contributed by atoms with van der Waals surface area (Å²) < 4.78 is 48.4. The van der Waals surface area contributed by atoms with E-state index in [2.05, 4.69) is 9.36 Å². The van der Waals surface area contributed by atoms with E-state index in [-0.39, 0.29) is 16.1 Å². The molecule has 0 saturated heterocycles. The summed E-state index contributed by atoms with van der Waals surface area (Å²) in [4.78, 5) is 16.1.